The van der Waals surface area contributed by atoms with E-state index in [1.54, 1.807) is 6.20 Å². The molecule has 0 fully saturated rings. The van der Waals surface area contributed by atoms with E-state index >= 15 is 0 Å². The van der Waals surface area contributed by atoms with Crippen LogP contribution in [-0.4, -0.2) is 31.3 Å². The number of carbonyl (C=O) groups is 1. The molecule has 8 heteroatoms. The number of ether oxygens (including phenoxy) is 1. The van der Waals surface area contributed by atoms with Gasteiger partial charge in [-0.3, -0.25) is 0 Å². The van der Waals surface area contributed by atoms with Crippen molar-refractivity contribution in [3.63, 3.8) is 0 Å². The molecule has 0 atom stereocenters. The number of aryl methyl sites for hydroxylation is 2. The van der Waals surface area contributed by atoms with Crippen LogP contribution in [0.4, 0.5) is 10.5 Å². The first-order chi connectivity index (χ1) is 13.4. The molecule has 0 radical (unpaired) electrons. The molecule has 1 heterocycles. The zero-order valence-electron chi connectivity index (χ0n) is 17.4. The van der Waals surface area contributed by atoms with Crippen molar-refractivity contribution in [2.45, 2.75) is 52.6 Å². The maximum absolute atomic E-state index is 12.3. The molecular formula is C21H27N3O4S. The van der Waals surface area contributed by atoms with E-state index in [9.17, 15) is 13.2 Å². The molecule has 1 aromatic carbocycles. The third kappa shape index (κ3) is 5.26. The van der Waals surface area contributed by atoms with Gasteiger partial charge in [0.25, 0.3) is 0 Å². The lowest BCUT2D eigenvalue weighted by atomic mass is 9.93. The van der Waals surface area contributed by atoms with Crippen molar-refractivity contribution in [1.82, 2.24) is 9.71 Å². The first-order valence-corrected chi connectivity index (χ1v) is 11.4. The van der Waals surface area contributed by atoms with Gasteiger partial charge in [0.1, 0.15) is 5.60 Å². The minimum Gasteiger partial charge on any atom is -0.472 e. The van der Waals surface area contributed by atoms with Crippen LogP contribution < -0.4 is 14.8 Å². The largest absolute Gasteiger partial charge is 0.472 e. The molecule has 2 N–H and O–H groups in total. The summed E-state index contributed by atoms with van der Waals surface area (Å²) in [6.07, 6.45) is 5.38. The van der Waals surface area contributed by atoms with Gasteiger partial charge in [-0.05, 0) is 75.3 Å². The van der Waals surface area contributed by atoms with Crippen molar-refractivity contribution in [1.29, 1.82) is 0 Å². The lowest BCUT2D eigenvalue weighted by Gasteiger charge is -2.22. The molecule has 1 aliphatic carbocycles. The second-order valence-corrected chi connectivity index (χ2v) is 10.1. The van der Waals surface area contributed by atoms with E-state index in [-0.39, 0.29) is 0 Å². The highest BCUT2D eigenvalue weighted by molar-refractivity contribution is 7.89. The monoisotopic (exact) mass is 417 g/mol. The van der Waals surface area contributed by atoms with Crippen molar-refractivity contribution in [2.24, 2.45) is 0 Å². The molecule has 0 bridgehead atoms. The third-order valence-corrected chi connectivity index (χ3v) is 5.10. The fourth-order valence-corrected chi connectivity index (χ4v) is 4.03. The number of hydrogen-bond acceptors (Lipinski definition) is 5. The second kappa shape index (κ2) is 7.67. The number of carbonyl (C=O) groups excluding carboxylic acids is 1. The van der Waals surface area contributed by atoms with Gasteiger partial charge in [-0.15, -0.1) is 0 Å². The van der Waals surface area contributed by atoms with Gasteiger partial charge < -0.3 is 10.1 Å². The molecule has 1 aromatic heterocycles. The molecule has 156 valence electrons. The van der Waals surface area contributed by atoms with E-state index in [0.29, 0.717) is 11.6 Å². The number of nitrogens with one attached hydrogen (secondary N) is 2. The highest BCUT2D eigenvalue weighted by atomic mass is 32.2. The Morgan fingerprint density at radius 2 is 1.93 bits per heavy atom. The van der Waals surface area contributed by atoms with Gasteiger partial charge in [0.05, 0.1) is 11.9 Å². The van der Waals surface area contributed by atoms with Crippen LogP contribution in [0, 0.1) is 6.92 Å². The molecule has 1 aliphatic rings. The molecule has 2 aromatic rings. The van der Waals surface area contributed by atoms with Gasteiger partial charge in [0.15, 0.2) is 0 Å². The standard InChI is InChI=1S/C21H27N3O4S/c1-13-11-14-7-6-8-16(14)19(23-20(25)24-29(5,26)27)18(13)15-9-10-22-17(12-15)28-21(2,3)4/h9-12H,6-8H2,1-5H3,(H2,23,24,25). The number of hydrogen-bond donors (Lipinski definition) is 2. The zero-order chi connectivity index (χ0) is 21.4. The molecule has 0 saturated carbocycles. The predicted molar refractivity (Wildman–Crippen MR) is 114 cm³/mol. The first kappa shape index (κ1) is 21.1. The highest BCUT2D eigenvalue weighted by Crippen LogP contribution is 2.40. The topological polar surface area (TPSA) is 97.4 Å². The summed E-state index contributed by atoms with van der Waals surface area (Å²) in [5.74, 6) is 0.487. The van der Waals surface area contributed by atoms with Crippen LogP contribution in [0.1, 0.15) is 43.9 Å². The summed E-state index contributed by atoms with van der Waals surface area (Å²) in [7, 11) is -3.66. The fourth-order valence-electron chi connectivity index (χ4n) is 3.65. The summed E-state index contributed by atoms with van der Waals surface area (Å²) in [6, 6.07) is 5.07. The number of nitrogens with zero attached hydrogens (tertiary/aromatic N) is 1. The van der Waals surface area contributed by atoms with Gasteiger partial charge in [-0.1, -0.05) is 6.07 Å². The molecule has 3 rings (SSSR count). The van der Waals surface area contributed by atoms with Crippen molar-refractivity contribution in [2.75, 3.05) is 11.6 Å². The van der Waals surface area contributed by atoms with Crippen LogP contribution in [0.25, 0.3) is 11.1 Å². The Morgan fingerprint density at radius 1 is 1.21 bits per heavy atom. The summed E-state index contributed by atoms with van der Waals surface area (Å²) in [6.45, 7) is 7.83. The van der Waals surface area contributed by atoms with E-state index in [1.807, 2.05) is 44.5 Å². The van der Waals surface area contributed by atoms with Crippen LogP contribution in [0.5, 0.6) is 5.88 Å². The van der Waals surface area contributed by atoms with Gasteiger partial charge in [0, 0.05) is 17.8 Å². The van der Waals surface area contributed by atoms with E-state index in [0.717, 1.165) is 47.8 Å². The fraction of sp³-hybridized carbons (Fsp3) is 0.429. The Hall–Kier alpha value is -2.61. The highest BCUT2D eigenvalue weighted by Gasteiger charge is 2.24. The number of fused-ring (bicyclic) bond motifs is 1. The van der Waals surface area contributed by atoms with Crippen LogP contribution in [0.3, 0.4) is 0 Å². The SMILES string of the molecule is Cc1cc2c(c(NC(=O)NS(C)(=O)=O)c1-c1ccnc(OC(C)(C)C)c1)CCC2. The van der Waals surface area contributed by atoms with E-state index < -0.39 is 21.7 Å². The summed E-state index contributed by atoms with van der Waals surface area (Å²) in [4.78, 5) is 16.6. The first-order valence-electron chi connectivity index (χ1n) is 9.52. The summed E-state index contributed by atoms with van der Waals surface area (Å²) in [5.41, 5.74) is 5.16. The molecule has 7 nitrogen and oxygen atoms in total. The average molecular weight is 418 g/mol. The van der Waals surface area contributed by atoms with Crippen LogP contribution in [-0.2, 0) is 22.9 Å². The van der Waals surface area contributed by atoms with Gasteiger partial charge in [0.2, 0.25) is 15.9 Å². The number of anilines is 1. The average Bonchev–Trinajstić information content (AvgIpc) is 2.99. The summed E-state index contributed by atoms with van der Waals surface area (Å²) in [5, 5.41) is 2.78. The maximum Gasteiger partial charge on any atom is 0.332 e. The number of amides is 2. The van der Waals surface area contributed by atoms with Crippen LogP contribution in [0.2, 0.25) is 0 Å². The summed E-state index contributed by atoms with van der Waals surface area (Å²) >= 11 is 0. The second-order valence-electron chi connectivity index (χ2n) is 8.36. The number of urea groups is 1. The smallest absolute Gasteiger partial charge is 0.332 e. The molecule has 0 saturated heterocycles. The Kier molecular flexibility index (Phi) is 5.58. The normalized spacial score (nSPS) is 13.7. The van der Waals surface area contributed by atoms with Gasteiger partial charge >= 0.3 is 6.03 Å². The summed E-state index contributed by atoms with van der Waals surface area (Å²) < 4.78 is 30.8. The zero-order valence-corrected chi connectivity index (χ0v) is 18.2. The maximum atomic E-state index is 12.3. The van der Waals surface area contributed by atoms with Crippen molar-refractivity contribution in [3.05, 3.63) is 41.1 Å². The number of benzene rings is 1. The van der Waals surface area contributed by atoms with Crippen LogP contribution in [0.15, 0.2) is 24.4 Å². The Balaban J connectivity index is 2.09. The van der Waals surface area contributed by atoms with E-state index in [1.165, 1.54) is 5.56 Å². The molecule has 2 amide bonds. The minimum atomic E-state index is -3.66. The van der Waals surface area contributed by atoms with E-state index in [2.05, 4.69) is 16.4 Å². The molecule has 0 aliphatic heterocycles. The Labute approximate surface area is 171 Å². The quantitative estimate of drug-likeness (QED) is 0.788. The molecule has 0 unspecified atom stereocenters. The molecular weight excluding hydrogens is 390 g/mol. The lowest BCUT2D eigenvalue weighted by molar-refractivity contribution is 0.124. The number of pyridine rings is 1. The predicted octanol–water partition coefficient (Wildman–Crippen LogP) is 3.80. The lowest BCUT2D eigenvalue weighted by Crippen LogP contribution is -2.34. The molecule has 0 spiro atoms. The van der Waals surface area contributed by atoms with Crippen molar-refractivity contribution < 1.29 is 17.9 Å². The van der Waals surface area contributed by atoms with Crippen LogP contribution >= 0.6 is 0 Å². The van der Waals surface area contributed by atoms with Gasteiger partial charge in [-0.25, -0.2) is 22.9 Å². The number of sulfonamides is 1. The van der Waals surface area contributed by atoms with E-state index in [4.69, 9.17) is 4.74 Å². The number of aromatic nitrogens is 1. The number of rotatable bonds is 4. The van der Waals surface area contributed by atoms with Gasteiger partial charge in [-0.2, -0.15) is 0 Å². The minimum absolute atomic E-state index is 0.394. The van der Waals surface area contributed by atoms with Crippen molar-refractivity contribution in [3.8, 4) is 17.0 Å². The Bertz CT molecular complexity index is 1060. The molecule has 29 heavy (non-hydrogen) atoms. The van der Waals surface area contributed by atoms with Crippen molar-refractivity contribution >= 4 is 21.7 Å². The third-order valence-electron chi connectivity index (χ3n) is 4.55. The Morgan fingerprint density at radius 3 is 2.59 bits per heavy atom.